The van der Waals surface area contributed by atoms with E-state index in [1.54, 1.807) is 0 Å². The van der Waals surface area contributed by atoms with Gasteiger partial charge in [-0.05, 0) is 25.8 Å². The minimum atomic E-state index is 0.177. The van der Waals surface area contributed by atoms with Gasteiger partial charge in [-0.1, -0.05) is 12.8 Å². The fourth-order valence-electron chi connectivity index (χ4n) is 1.80. The molecule has 15 heavy (non-hydrogen) atoms. The molecule has 1 fully saturated rings. The van der Waals surface area contributed by atoms with Crippen molar-refractivity contribution >= 4 is 5.91 Å². The lowest BCUT2D eigenvalue weighted by Gasteiger charge is -2.23. The fourth-order valence-corrected chi connectivity index (χ4v) is 1.80. The van der Waals surface area contributed by atoms with Crippen molar-refractivity contribution < 1.29 is 9.90 Å². The van der Waals surface area contributed by atoms with Crippen LogP contribution in [0.15, 0.2) is 0 Å². The Morgan fingerprint density at radius 2 is 2.13 bits per heavy atom. The zero-order valence-corrected chi connectivity index (χ0v) is 9.30. The Hall–Kier alpha value is -0.610. The Balaban J connectivity index is 1.89. The first-order chi connectivity index (χ1) is 7.33. The molecule has 1 aliphatic heterocycles. The highest BCUT2D eigenvalue weighted by molar-refractivity contribution is 5.76. The van der Waals surface area contributed by atoms with E-state index in [1.807, 2.05) is 0 Å². The Labute approximate surface area is 91.4 Å². The lowest BCUT2D eigenvalue weighted by Crippen LogP contribution is -2.45. The van der Waals surface area contributed by atoms with Crippen LogP contribution >= 0.6 is 0 Å². The van der Waals surface area contributed by atoms with Gasteiger partial charge in [-0.25, -0.2) is 0 Å². The zero-order chi connectivity index (χ0) is 10.9. The second kappa shape index (κ2) is 7.65. The number of hydrogen-bond donors (Lipinski definition) is 3. The number of carbonyl (C=O) groups is 1. The second-order valence-electron chi connectivity index (χ2n) is 4.13. The van der Waals surface area contributed by atoms with E-state index in [0.717, 1.165) is 38.8 Å². The van der Waals surface area contributed by atoms with Crippen LogP contribution in [-0.2, 0) is 4.79 Å². The molecule has 1 amide bonds. The van der Waals surface area contributed by atoms with E-state index in [2.05, 4.69) is 10.6 Å². The van der Waals surface area contributed by atoms with Crippen molar-refractivity contribution in [2.75, 3.05) is 19.7 Å². The van der Waals surface area contributed by atoms with E-state index in [1.165, 1.54) is 6.42 Å². The number of aliphatic hydroxyl groups excluding tert-OH is 1. The average Bonchev–Trinajstić information content (AvgIpc) is 2.26. The van der Waals surface area contributed by atoms with Crippen LogP contribution in [0.1, 0.15) is 38.5 Å². The summed E-state index contributed by atoms with van der Waals surface area (Å²) in [7, 11) is 0. The summed E-state index contributed by atoms with van der Waals surface area (Å²) in [6.45, 7) is 2.10. The highest BCUT2D eigenvalue weighted by Crippen LogP contribution is 2.03. The Kier molecular flexibility index (Phi) is 6.36. The van der Waals surface area contributed by atoms with Crippen molar-refractivity contribution in [3.63, 3.8) is 0 Å². The molecule has 1 aliphatic rings. The molecule has 0 aromatic rings. The molecule has 1 atom stereocenters. The molecule has 0 spiro atoms. The quantitative estimate of drug-likeness (QED) is 0.538. The third kappa shape index (κ3) is 5.74. The largest absolute Gasteiger partial charge is 0.396 e. The molecule has 1 rings (SSSR count). The van der Waals surface area contributed by atoms with E-state index in [0.29, 0.717) is 19.1 Å². The molecule has 0 aromatic heterocycles. The molecule has 0 saturated carbocycles. The maximum Gasteiger partial charge on any atom is 0.220 e. The van der Waals surface area contributed by atoms with Crippen molar-refractivity contribution in [2.45, 2.75) is 44.6 Å². The van der Waals surface area contributed by atoms with Crippen molar-refractivity contribution in [3.8, 4) is 0 Å². The maximum absolute atomic E-state index is 10.9. The molecule has 1 unspecified atom stereocenters. The van der Waals surface area contributed by atoms with Crippen LogP contribution in [0.2, 0.25) is 0 Å². The Bertz CT molecular complexity index is 175. The minimum Gasteiger partial charge on any atom is -0.396 e. The highest BCUT2D eigenvalue weighted by atomic mass is 16.2. The fraction of sp³-hybridized carbons (Fsp3) is 0.909. The summed E-state index contributed by atoms with van der Waals surface area (Å²) in [5, 5.41) is 14.9. The molecule has 1 heterocycles. The summed E-state index contributed by atoms with van der Waals surface area (Å²) in [6.07, 6.45) is 5.97. The van der Waals surface area contributed by atoms with Crippen LogP contribution in [-0.4, -0.2) is 36.8 Å². The number of hydrogen-bond acceptors (Lipinski definition) is 3. The number of aliphatic hydroxyl groups is 1. The summed E-state index contributed by atoms with van der Waals surface area (Å²) < 4.78 is 0. The maximum atomic E-state index is 10.9. The predicted molar refractivity (Wildman–Crippen MR) is 59.6 cm³/mol. The van der Waals surface area contributed by atoms with E-state index in [-0.39, 0.29) is 5.91 Å². The van der Waals surface area contributed by atoms with Gasteiger partial charge in [-0.3, -0.25) is 4.79 Å². The monoisotopic (exact) mass is 214 g/mol. The van der Waals surface area contributed by atoms with Gasteiger partial charge in [0.25, 0.3) is 0 Å². The minimum absolute atomic E-state index is 0.177. The zero-order valence-electron chi connectivity index (χ0n) is 9.30. The van der Waals surface area contributed by atoms with E-state index in [4.69, 9.17) is 5.11 Å². The van der Waals surface area contributed by atoms with Gasteiger partial charge in [0, 0.05) is 25.6 Å². The number of rotatable bonds is 7. The van der Waals surface area contributed by atoms with Crippen LogP contribution in [0.25, 0.3) is 0 Å². The van der Waals surface area contributed by atoms with Gasteiger partial charge in [0.1, 0.15) is 0 Å². The molecule has 4 nitrogen and oxygen atoms in total. The third-order valence-corrected chi connectivity index (χ3v) is 2.78. The molecule has 0 bridgehead atoms. The van der Waals surface area contributed by atoms with Gasteiger partial charge in [0.15, 0.2) is 0 Å². The van der Waals surface area contributed by atoms with E-state index in [9.17, 15) is 4.79 Å². The van der Waals surface area contributed by atoms with Crippen LogP contribution in [0.4, 0.5) is 0 Å². The van der Waals surface area contributed by atoms with Crippen LogP contribution in [0.5, 0.6) is 0 Å². The van der Waals surface area contributed by atoms with Gasteiger partial charge in [0.05, 0.1) is 0 Å². The number of carbonyl (C=O) groups excluding carboxylic acids is 1. The second-order valence-corrected chi connectivity index (χ2v) is 4.13. The SMILES string of the molecule is O=C1CCC(NCCCCCCO)CN1. The van der Waals surface area contributed by atoms with Crippen LogP contribution < -0.4 is 10.6 Å². The number of nitrogens with one attached hydrogen (secondary N) is 2. The van der Waals surface area contributed by atoms with Gasteiger partial charge >= 0.3 is 0 Å². The molecule has 1 saturated heterocycles. The number of piperidine rings is 1. The summed E-state index contributed by atoms with van der Waals surface area (Å²) in [5.74, 6) is 0.177. The predicted octanol–water partition coefficient (Wildman–Crippen LogP) is 0.407. The topological polar surface area (TPSA) is 61.4 Å². The lowest BCUT2D eigenvalue weighted by atomic mass is 10.1. The van der Waals surface area contributed by atoms with Crippen LogP contribution in [0.3, 0.4) is 0 Å². The van der Waals surface area contributed by atoms with Crippen molar-refractivity contribution in [2.24, 2.45) is 0 Å². The molecule has 4 heteroatoms. The van der Waals surface area contributed by atoms with Crippen LogP contribution in [0, 0.1) is 0 Å². The molecule has 0 radical (unpaired) electrons. The van der Waals surface area contributed by atoms with Crippen molar-refractivity contribution in [3.05, 3.63) is 0 Å². The normalized spacial score (nSPS) is 21.4. The standard InChI is InChI=1S/C11H22N2O2/c14-8-4-2-1-3-7-12-10-5-6-11(15)13-9-10/h10,12,14H,1-9H2,(H,13,15). The summed E-state index contributed by atoms with van der Waals surface area (Å²) in [5.41, 5.74) is 0. The molecule has 88 valence electrons. The van der Waals surface area contributed by atoms with Crippen molar-refractivity contribution in [1.29, 1.82) is 0 Å². The first-order valence-corrected chi connectivity index (χ1v) is 5.94. The third-order valence-electron chi connectivity index (χ3n) is 2.78. The molecule has 3 N–H and O–H groups in total. The average molecular weight is 214 g/mol. The van der Waals surface area contributed by atoms with Gasteiger partial charge < -0.3 is 15.7 Å². The summed E-state index contributed by atoms with van der Waals surface area (Å²) in [4.78, 5) is 10.9. The molecule has 0 aliphatic carbocycles. The van der Waals surface area contributed by atoms with Crippen molar-refractivity contribution in [1.82, 2.24) is 10.6 Å². The number of unbranched alkanes of at least 4 members (excludes halogenated alkanes) is 3. The summed E-state index contributed by atoms with van der Waals surface area (Å²) in [6, 6.07) is 0.459. The van der Waals surface area contributed by atoms with Gasteiger partial charge in [-0.2, -0.15) is 0 Å². The molecular weight excluding hydrogens is 192 g/mol. The van der Waals surface area contributed by atoms with Gasteiger partial charge in [-0.15, -0.1) is 0 Å². The lowest BCUT2D eigenvalue weighted by molar-refractivity contribution is -0.122. The highest BCUT2D eigenvalue weighted by Gasteiger charge is 2.16. The molecule has 0 aromatic carbocycles. The first-order valence-electron chi connectivity index (χ1n) is 5.94. The summed E-state index contributed by atoms with van der Waals surface area (Å²) >= 11 is 0. The Morgan fingerprint density at radius 1 is 1.33 bits per heavy atom. The smallest absolute Gasteiger partial charge is 0.220 e. The van der Waals surface area contributed by atoms with E-state index >= 15 is 0 Å². The first kappa shape index (κ1) is 12.5. The van der Waals surface area contributed by atoms with Gasteiger partial charge in [0.2, 0.25) is 5.91 Å². The Morgan fingerprint density at radius 3 is 2.80 bits per heavy atom. The molecular formula is C11H22N2O2. The van der Waals surface area contributed by atoms with E-state index < -0.39 is 0 Å². The number of amides is 1.